The summed E-state index contributed by atoms with van der Waals surface area (Å²) in [5, 5.41) is 4.72. The molecule has 6 heteroatoms. The Morgan fingerprint density at radius 1 is 1.24 bits per heavy atom. The van der Waals surface area contributed by atoms with E-state index in [1.807, 2.05) is 18.2 Å². The SMILES string of the molecule is O=C(N/N=C/C1=COC2CCCCC2C1=O)c1cc2ccccc2o1. The molecule has 1 aliphatic carbocycles. The van der Waals surface area contributed by atoms with Crippen LogP contribution in [0.4, 0.5) is 0 Å². The van der Waals surface area contributed by atoms with E-state index >= 15 is 0 Å². The Morgan fingerprint density at radius 3 is 2.96 bits per heavy atom. The summed E-state index contributed by atoms with van der Waals surface area (Å²) < 4.78 is 11.1. The molecule has 2 aliphatic rings. The van der Waals surface area contributed by atoms with Gasteiger partial charge in [0, 0.05) is 5.39 Å². The Labute approximate surface area is 144 Å². The van der Waals surface area contributed by atoms with Gasteiger partial charge in [0.2, 0.25) is 0 Å². The number of allylic oxidation sites excluding steroid dienone is 1. The number of hydrogen-bond acceptors (Lipinski definition) is 5. The van der Waals surface area contributed by atoms with Crippen LogP contribution in [0.2, 0.25) is 0 Å². The van der Waals surface area contributed by atoms with Crippen molar-refractivity contribution in [3.8, 4) is 0 Å². The van der Waals surface area contributed by atoms with Crippen LogP contribution >= 0.6 is 0 Å². The highest BCUT2D eigenvalue weighted by molar-refractivity contribution is 6.14. The minimum Gasteiger partial charge on any atom is -0.496 e. The number of carbonyl (C=O) groups is 2. The summed E-state index contributed by atoms with van der Waals surface area (Å²) in [5.41, 5.74) is 3.41. The Morgan fingerprint density at radius 2 is 2.08 bits per heavy atom. The Bertz CT molecular complexity index is 847. The van der Waals surface area contributed by atoms with Crippen LogP contribution < -0.4 is 5.43 Å². The zero-order valence-electron chi connectivity index (χ0n) is 13.6. The van der Waals surface area contributed by atoms with E-state index in [2.05, 4.69) is 10.5 Å². The van der Waals surface area contributed by atoms with Crippen molar-refractivity contribution in [2.75, 3.05) is 0 Å². The van der Waals surface area contributed by atoms with Gasteiger partial charge in [-0.15, -0.1) is 0 Å². The number of Topliss-reactive ketones (excluding diaryl/α,β-unsaturated/α-hetero) is 1. The molecule has 2 atom stereocenters. The normalized spacial score (nSPS) is 23.2. The highest BCUT2D eigenvalue weighted by Crippen LogP contribution is 2.32. The number of ketones is 1. The van der Waals surface area contributed by atoms with Gasteiger partial charge < -0.3 is 9.15 Å². The molecule has 25 heavy (non-hydrogen) atoms. The fourth-order valence-corrected chi connectivity index (χ4v) is 3.40. The fraction of sp³-hybridized carbons (Fsp3) is 0.316. The maximum Gasteiger partial charge on any atom is 0.307 e. The van der Waals surface area contributed by atoms with Crippen LogP contribution in [0.1, 0.15) is 36.2 Å². The number of nitrogens with zero attached hydrogens (tertiary/aromatic N) is 1. The molecule has 6 nitrogen and oxygen atoms in total. The van der Waals surface area contributed by atoms with Gasteiger partial charge in [0.15, 0.2) is 11.5 Å². The molecule has 1 aromatic heterocycles. The fourth-order valence-electron chi connectivity index (χ4n) is 3.40. The van der Waals surface area contributed by atoms with Crippen LogP contribution in [0.3, 0.4) is 0 Å². The third kappa shape index (κ3) is 3.07. The molecule has 1 aromatic carbocycles. The van der Waals surface area contributed by atoms with Crippen LogP contribution in [-0.2, 0) is 9.53 Å². The molecular weight excluding hydrogens is 320 g/mol. The molecule has 0 radical (unpaired) electrons. The van der Waals surface area contributed by atoms with Crippen molar-refractivity contribution in [3.05, 3.63) is 47.9 Å². The summed E-state index contributed by atoms with van der Waals surface area (Å²) in [6.07, 6.45) is 6.69. The largest absolute Gasteiger partial charge is 0.496 e. The average molecular weight is 338 g/mol. The standard InChI is InChI=1S/C19H18N2O4/c22-18-13(11-24-16-8-4-2-6-14(16)18)10-20-21-19(23)17-9-12-5-1-3-7-15(12)25-17/h1,3,5,7,9-11,14,16H,2,4,6,8H2,(H,21,23)/b20-10+. The Balaban J connectivity index is 1.42. The predicted molar refractivity (Wildman–Crippen MR) is 92.1 cm³/mol. The zero-order valence-corrected chi connectivity index (χ0v) is 13.6. The van der Waals surface area contributed by atoms with Gasteiger partial charge in [-0.1, -0.05) is 24.6 Å². The first-order valence-corrected chi connectivity index (χ1v) is 8.44. The maximum absolute atomic E-state index is 12.5. The van der Waals surface area contributed by atoms with Crippen molar-refractivity contribution in [1.82, 2.24) is 5.43 Å². The topological polar surface area (TPSA) is 80.9 Å². The van der Waals surface area contributed by atoms with Gasteiger partial charge in [-0.05, 0) is 31.4 Å². The number of rotatable bonds is 3. The summed E-state index contributed by atoms with van der Waals surface area (Å²) >= 11 is 0. The quantitative estimate of drug-likeness (QED) is 0.688. The molecule has 4 rings (SSSR count). The summed E-state index contributed by atoms with van der Waals surface area (Å²) in [6.45, 7) is 0. The summed E-state index contributed by atoms with van der Waals surface area (Å²) in [4.78, 5) is 24.6. The second-order valence-corrected chi connectivity index (χ2v) is 6.35. The number of benzene rings is 1. The lowest BCUT2D eigenvalue weighted by Gasteiger charge is -2.33. The van der Waals surface area contributed by atoms with E-state index in [1.165, 1.54) is 12.5 Å². The molecule has 128 valence electrons. The number of fused-ring (bicyclic) bond motifs is 2. The summed E-state index contributed by atoms with van der Waals surface area (Å²) in [5.74, 6) is -0.345. The number of para-hydroxylation sites is 1. The maximum atomic E-state index is 12.5. The second-order valence-electron chi connectivity index (χ2n) is 6.35. The molecule has 0 bridgehead atoms. The molecule has 2 heterocycles. The minimum atomic E-state index is -0.465. The van der Waals surface area contributed by atoms with Gasteiger partial charge >= 0.3 is 5.91 Å². The highest BCUT2D eigenvalue weighted by Gasteiger charge is 2.36. The predicted octanol–water partition coefficient (Wildman–Crippen LogP) is 3.19. The smallest absolute Gasteiger partial charge is 0.307 e. The van der Waals surface area contributed by atoms with E-state index in [4.69, 9.17) is 9.15 Å². The van der Waals surface area contributed by atoms with Crippen molar-refractivity contribution in [2.45, 2.75) is 31.8 Å². The van der Waals surface area contributed by atoms with Crippen LogP contribution in [0.25, 0.3) is 11.0 Å². The first-order chi connectivity index (χ1) is 12.2. The number of nitrogens with one attached hydrogen (secondary N) is 1. The van der Waals surface area contributed by atoms with E-state index in [1.54, 1.807) is 12.1 Å². The molecule has 2 aromatic rings. The van der Waals surface area contributed by atoms with E-state index < -0.39 is 5.91 Å². The van der Waals surface area contributed by atoms with Gasteiger partial charge in [-0.25, -0.2) is 5.43 Å². The minimum absolute atomic E-state index is 0.0106. The zero-order chi connectivity index (χ0) is 17.2. The van der Waals surface area contributed by atoms with Crippen LogP contribution in [0.5, 0.6) is 0 Å². The number of amides is 1. The van der Waals surface area contributed by atoms with E-state index in [0.717, 1.165) is 31.1 Å². The van der Waals surface area contributed by atoms with E-state index in [9.17, 15) is 9.59 Å². The van der Waals surface area contributed by atoms with Gasteiger partial charge in [0.05, 0.1) is 24.0 Å². The van der Waals surface area contributed by atoms with Gasteiger partial charge in [0.25, 0.3) is 0 Å². The molecule has 0 saturated heterocycles. The van der Waals surface area contributed by atoms with Crippen LogP contribution in [-0.4, -0.2) is 24.0 Å². The highest BCUT2D eigenvalue weighted by atomic mass is 16.5. The number of furan rings is 1. The molecule has 1 fully saturated rings. The monoisotopic (exact) mass is 338 g/mol. The number of ether oxygens (including phenoxy) is 1. The van der Waals surface area contributed by atoms with Crippen molar-refractivity contribution in [2.24, 2.45) is 11.0 Å². The molecule has 2 unspecified atom stereocenters. The third-order valence-corrected chi connectivity index (χ3v) is 4.71. The number of hydrazone groups is 1. The molecular formula is C19H18N2O4. The first-order valence-electron chi connectivity index (χ1n) is 8.44. The summed E-state index contributed by atoms with van der Waals surface area (Å²) in [6, 6.07) is 9.02. The molecule has 1 saturated carbocycles. The Hall–Kier alpha value is -2.89. The van der Waals surface area contributed by atoms with E-state index in [-0.39, 0.29) is 23.6 Å². The van der Waals surface area contributed by atoms with Crippen LogP contribution in [0, 0.1) is 5.92 Å². The lowest BCUT2D eigenvalue weighted by Crippen LogP contribution is -2.37. The van der Waals surface area contributed by atoms with Crippen molar-refractivity contribution >= 4 is 28.9 Å². The van der Waals surface area contributed by atoms with Crippen molar-refractivity contribution in [3.63, 3.8) is 0 Å². The van der Waals surface area contributed by atoms with Crippen molar-refractivity contribution < 1.29 is 18.7 Å². The van der Waals surface area contributed by atoms with Gasteiger partial charge in [-0.3, -0.25) is 9.59 Å². The van der Waals surface area contributed by atoms with Crippen LogP contribution in [0.15, 0.2) is 51.7 Å². The van der Waals surface area contributed by atoms with E-state index in [0.29, 0.717) is 11.2 Å². The number of hydrogen-bond donors (Lipinski definition) is 1. The summed E-state index contributed by atoms with van der Waals surface area (Å²) in [7, 11) is 0. The van der Waals surface area contributed by atoms with Crippen molar-refractivity contribution in [1.29, 1.82) is 0 Å². The first kappa shape index (κ1) is 15.6. The molecule has 1 N–H and O–H groups in total. The molecule has 1 aliphatic heterocycles. The second kappa shape index (κ2) is 6.55. The molecule has 1 amide bonds. The molecule has 0 spiro atoms. The lowest BCUT2D eigenvalue weighted by molar-refractivity contribution is -0.126. The average Bonchev–Trinajstić information content (AvgIpc) is 3.08. The third-order valence-electron chi connectivity index (χ3n) is 4.71. The number of carbonyl (C=O) groups excluding carboxylic acids is 2. The Kier molecular flexibility index (Phi) is 4.09. The lowest BCUT2D eigenvalue weighted by atomic mass is 9.80. The van der Waals surface area contributed by atoms with Gasteiger partial charge in [0.1, 0.15) is 11.7 Å². The van der Waals surface area contributed by atoms with Gasteiger partial charge in [-0.2, -0.15) is 5.10 Å².